The fourth-order valence-corrected chi connectivity index (χ4v) is 2.42. The fourth-order valence-electron chi connectivity index (χ4n) is 2.24. The van der Waals surface area contributed by atoms with E-state index in [0.717, 1.165) is 16.7 Å². The van der Waals surface area contributed by atoms with Crippen LogP contribution in [0.15, 0.2) is 45.6 Å². The minimum atomic E-state index is -0.864. The summed E-state index contributed by atoms with van der Waals surface area (Å²) in [4.78, 5) is 34.1. The summed E-state index contributed by atoms with van der Waals surface area (Å²) in [5, 5.41) is 13.3. The highest BCUT2D eigenvalue weighted by molar-refractivity contribution is 6.30. The van der Waals surface area contributed by atoms with Gasteiger partial charge in [-0.25, -0.2) is 9.18 Å². The van der Waals surface area contributed by atoms with E-state index in [1.54, 1.807) is 0 Å². The Morgan fingerprint density at radius 1 is 1.32 bits per heavy atom. The molecule has 1 aromatic heterocycles. The summed E-state index contributed by atoms with van der Waals surface area (Å²) >= 11 is 5.74. The number of aromatic nitrogens is 1. The molecule has 25 heavy (non-hydrogen) atoms. The van der Waals surface area contributed by atoms with E-state index in [-0.39, 0.29) is 27.5 Å². The van der Waals surface area contributed by atoms with Gasteiger partial charge in [0.2, 0.25) is 5.91 Å². The first-order valence-electron chi connectivity index (χ1n) is 6.88. The van der Waals surface area contributed by atoms with E-state index in [9.17, 15) is 24.1 Å². The van der Waals surface area contributed by atoms with Gasteiger partial charge in [0.05, 0.1) is 22.2 Å². The van der Waals surface area contributed by atoms with Gasteiger partial charge in [0.1, 0.15) is 12.4 Å². The number of halogens is 2. The number of hydrogen-bond acceptors (Lipinski definition) is 5. The second-order valence-electron chi connectivity index (χ2n) is 5.04. The molecule has 0 unspecified atom stereocenters. The molecule has 0 aliphatic heterocycles. The monoisotopic (exact) mass is 365 g/mol. The van der Waals surface area contributed by atoms with Crippen molar-refractivity contribution in [2.45, 2.75) is 6.54 Å². The second kappa shape index (κ2) is 6.36. The Bertz CT molecular complexity index is 1060. The Balaban J connectivity index is 1.88. The summed E-state index contributed by atoms with van der Waals surface area (Å²) in [5.41, 5.74) is -0.203. The van der Waals surface area contributed by atoms with Crippen LogP contribution in [0.3, 0.4) is 0 Å². The van der Waals surface area contributed by atoms with Crippen LogP contribution in [0.5, 0.6) is 0 Å². The third kappa shape index (κ3) is 3.36. The first kappa shape index (κ1) is 16.7. The molecule has 10 heteroatoms. The zero-order valence-electron chi connectivity index (χ0n) is 12.4. The van der Waals surface area contributed by atoms with E-state index in [1.165, 1.54) is 24.3 Å². The van der Waals surface area contributed by atoms with E-state index in [2.05, 4.69) is 5.32 Å². The molecule has 1 amide bonds. The Hall–Kier alpha value is -3.20. The number of rotatable bonds is 4. The maximum Gasteiger partial charge on any atom is 0.420 e. The van der Waals surface area contributed by atoms with Crippen LogP contribution >= 0.6 is 11.6 Å². The van der Waals surface area contributed by atoms with Gasteiger partial charge in [-0.2, -0.15) is 0 Å². The second-order valence-corrected chi connectivity index (χ2v) is 5.47. The normalized spacial score (nSPS) is 10.8. The van der Waals surface area contributed by atoms with Crippen molar-refractivity contribution in [2.75, 3.05) is 5.32 Å². The van der Waals surface area contributed by atoms with Crippen molar-refractivity contribution in [3.63, 3.8) is 0 Å². The zero-order chi connectivity index (χ0) is 18.1. The minimum absolute atomic E-state index is 0.0269. The largest absolute Gasteiger partial charge is 0.420 e. The number of amides is 1. The number of fused-ring (bicyclic) bond motifs is 1. The number of carbonyl (C=O) groups excluding carboxylic acids is 1. The third-order valence-corrected chi connectivity index (χ3v) is 3.60. The molecular formula is C15H9ClFN3O5. The number of oxazole rings is 1. The van der Waals surface area contributed by atoms with Crippen LogP contribution in [0.2, 0.25) is 5.02 Å². The fraction of sp³-hybridized carbons (Fsp3) is 0.0667. The predicted molar refractivity (Wildman–Crippen MR) is 87.2 cm³/mol. The summed E-state index contributed by atoms with van der Waals surface area (Å²) in [6, 6.07) is 7.22. The molecular weight excluding hydrogens is 357 g/mol. The Morgan fingerprint density at radius 3 is 2.80 bits per heavy atom. The maximum atomic E-state index is 13.6. The number of benzene rings is 2. The Kier molecular flexibility index (Phi) is 4.24. The van der Waals surface area contributed by atoms with Gasteiger partial charge in [0.15, 0.2) is 5.58 Å². The SMILES string of the molecule is O=C(Cn1c(=O)oc2cc([N+](=O)[O-])ccc21)Nc1cc(Cl)ccc1F. The smallest absolute Gasteiger partial charge is 0.407 e. The lowest BCUT2D eigenvalue weighted by Crippen LogP contribution is -2.25. The molecule has 1 heterocycles. The van der Waals surface area contributed by atoms with Crippen molar-refractivity contribution in [3.05, 3.63) is 67.9 Å². The number of nitro benzene ring substituents is 1. The van der Waals surface area contributed by atoms with E-state index in [4.69, 9.17) is 16.0 Å². The molecule has 0 spiro atoms. The molecule has 0 bridgehead atoms. The number of nitrogens with one attached hydrogen (secondary N) is 1. The van der Waals surface area contributed by atoms with Gasteiger partial charge < -0.3 is 9.73 Å². The molecule has 3 aromatic rings. The number of non-ortho nitro benzene ring substituents is 1. The van der Waals surface area contributed by atoms with E-state index >= 15 is 0 Å². The van der Waals surface area contributed by atoms with Gasteiger partial charge in [0.25, 0.3) is 5.69 Å². The molecule has 0 fully saturated rings. The van der Waals surface area contributed by atoms with Crippen LogP contribution < -0.4 is 11.1 Å². The highest BCUT2D eigenvalue weighted by atomic mass is 35.5. The van der Waals surface area contributed by atoms with Crippen LogP contribution in [0.1, 0.15) is 0 Å². The number of nitrogens with zero attached hydrogens (tertiary/aromatic N) is 2. The van der Waals surface area contributed by atoms with Gasteiger partial charge >= 0.3 is 5.76 Å². The summed E-state index contributed by atoms with van der Waals surface area (Å²) in [5.74, 6) is -2.24. The maximum absolute atomic E-state index is 13.6. The van der Waals surface area contributed by atoms with Crippen molar-refractivity contribution < 1.29 is 18.5 Å². The molecule has 0 radical (unpaired) electrons. The standard InChI is InChI=1S/C15H9ClFN3O5/c16-8-1-3-10(17)11(5-8)18-14(21)7-19-12-4-2-9(20(23)24)6-13(12)25-15(19)22/h1-6H,7H2,(H,18,21). The van der Waals surface area contributed by atoms with Gasteiger partial charge in [-0.1, -0.05) is 11.6 Å². The van der Waals surface area contributed by atoms with Crippen LogP contribution in [-0.2, 0) is 11.3 Å². The molecule has 3 rings (SSSR count). The average molecular weight is 366 g/mol. The molecule has 0 atom stereocenters. The van der Waals surface area contributed by atoms with E-state index in [0.29, 0.717) is 0 Å². The number of hydrogen-bond donors (Lipinski definition) is 1. The van der Waals surface area contributed by atoms with Gasteiger partial charge in [0, 0.05) is 11.1 Å². The quantitative estimate of drug-likeness (QED) is 0.565. The van der Waals surface area contributed by atoms with E-state index in [1.807, 2.05) is 0 Å². The van der Waals surface area contributed by atoms with Crippen LogP contribution in [0.25, 0.3) is 11.1 Å². The van der Waals surface area contributed by atoms with Gasteiger partial charge in [-0.05, 0) is 24.3 Å². The summed E-state index contributed by atoms with van der Waals surface area (Å²) in [6.45, 7) is -0.463. The molecule has 0 saturated carbocycles. The molecule has 128 valence electrons. The topological polar surface area (TPSA) is 107 Å². The minimum Gasteiger partial charge on any atom is -0.407 e. The van der Waals surface area contributed by atoms with Gasteiger partial charge in [-0.15, -0.1) is 0 Å². The van der Waals surface area contributed by atoms with Crippen LogP contribution in [-0.4, -0.2) is 15.4 Å². The number of carbonyl (C=O) groups is 1. The lowest BCUT2D eigenvalue weighted by atomic mass is 10.3. The molecule has 0 aliphatic carbocycles. The number of anilines is 1. The molecule has 8 nitrogen and oxygen atoms in total. The first-order valence-corrected chi connectivity index (χ1v) is 7.25. The molecule has 1 N–H and O–H groups in total. The van der Waals surface area contributed by atoms with E-state index < -0.39 is 28.9 Å². The highest BCUT2D eigenvalue weighted by Crippen LogP contribution is 2.21. The summed E-state index contributed by atoms with van der Waals surface area (Å²) in [6.07, 6.45) is 0. The zero-order valence-corrected chi connectivity index (χ0v) is 13.1. The van der Waals surface area contributed by atoms with Crippen LogP contribution in [0.4, 0.5) is 15.8 Å². The Morgan fingerprint density at radius 2 is 2.08 bits per heavy atom. The Labute approximate surface area is 143 Å². The van der Waals surface area contributed by atoms with Crippen molar-refractivity contribution >= 4 is 40.0 Å². The molecule has 2 aromatic carbocycles. The average Bonchev–Trinajstić information content (AvgIpc) is 2.86. The van der Waals surface area contributed by atoms with Crippen molar-refractivity contribution in [1.29, 1.82) is 0 Å². The van der Waals surface area contributed by atoms with Crippen LogP contribution in [0, 0.1) is 15.9 Å². The lowest BCUT2D eigenvalue weighted by molar-refractivity contribution is -0.384. The van der Waals surface area contributed by atoms with Gasteiger partial charge in [-0.3, -0.25) is 19.5 Å². The molecule has 0 aliphatic rings. The summed E-state index contributed by atoms with van der Waals surface area (Å²) < 4.78 is 19.5. The highest BCUT2D eigenvalue weighted by Gasteiger charge is 2.17. The predicted octanol–water partition coefficient (Wildman–Crippen LogP) is 2.93. The van der Waals surface area contributed by atoms with Crippen molar-refractivity contribution in [3.8, 4) is 0 Å². The molecule has 0 saturated heterocycles. The van der Waals surface area contributed by atoms with Crippen molar-refractivity contribution in [1.82, 2.24) is 4.57 Å². The summed E-state index contributed by atoms with van der Waals surface area (Å²) in [7, 11) is 0. The first-order chi connectivity index (χ1) is 11.8. The van der Waals surface area contributed by atoms with Crippen molar-refractivity contribution in [2.24, 2.45) is 0 Å². The number of nitro groups is 1. The third-order valence-electron chi connectivity index (χ3n) is 3.37. The lowest BCUT2D eigenvalue weighted by Gasteiger charge is -2.07.